The Labute approximate surface area is 146 Å². The van der Waals surface area contributed by atoms with E-state index in [1.54, 1.807) is 36.4 Å². The SMILES string of the molecule is O=C(O)c1cccc2cccc(-c3cc(=O)c4cc(Cl)ccc4o3)c12. The van der Waals surface area contributed by atoms with Crippen molar-refractivity contribution in [1.82, 2.24) is 0 Å². The van der Waals surface area contributed by atoms with Gasteiger partial charge in [0.2, 0.25) is 0 Å². The third kappa shape index (κ3) is 2.57. The normalized spacial score (nSPS) is 11.1. The molecular weight excluding hydrogens is 340 g/mol. The van der Waals surface area contributed by atoms with Crippen LogP contribution in [0.3, 0.4) is 0 Å². The molecule has 0 atom stereocenters. The summed E-state index contributed by atoms with van der Waals surface area (Å²) in [5, 5.41) is 11.6. The van der Waals surface area contributed by atoms with Crippen LogP contribution in [0.4, 0.5) is 0 Å². The molecule has 25 heavy (non-hydrogen) atoms. The molecule has 0 amide bonds. The quantitative estimate of drug-likeness (QED) is 0.554. The number of aromatic carboxylic acids is 1. The van der Waals surface area contributed by atoms with Crippen LogP contribution in [0.5, 0.6) is 0 Å². The average Bonchev–Trinajstić information content (AvgIpc) is 2.61. The van der Waals surface area contributed by atoms with E-state index in [1.165, 1.54) is 12.1 Å². The summed E-state index contributed by atoms with van der Waals surface area (Å²) in [7, 11) is 0. The predicted molar refractivity (Wildman–Crippen MR) is 97.4 cm³/mol. The fraction of sp³-hybridized carbons (Fsp3) is 0. The first-order valence-corrected chi connectivity index (χ1v) is 7.91. The maximum atomic E-state index is 12.4. The standard InChI is InChI=1S/C20H11ClO4/c21-12-7-8-17-15(9-12)16(22)10-18(25-17)13-5-1-3-11-4-2-6-14(19(11)13)20(23)24/h1-10H,(H,23,24). The van der Waals surface area contributed by atoms with Gasteiger partial charge in [-0.1, -0.05) is 41.9 Å². The highest BCUT2D eigenvalue weighted by Gasteiger charge is 2.15. The van der Waals surface area contributed by atoms with Crippen molar-refractivity contribution in [1.29, 1.82) is 0 Å². The molecule has 4 nitrogen and oxygen atoms in total. The summed E-state index contributed by atoms with van der Waals surface area (Å²) in [6.45, 7) is 0. The van der Waals surface area contributed by atoms with Crippen LogP contribution in [-0.2, 0) is 0 Å². The van der Waals surface area contributed by atoms with Crippen molar-refractivity contribution in [2.45, 2.75) is 0 Å². The lowest BCUT2D eigenvalue weighted by molar-refractivity contribution is 0.0699. The fourth-order valence-corrected chi connectivity index (χ4v) is 3.16. The Morgan fingerprint density at radius 3 is 2.52 bits per heavy atom. The lowest BCUT2D eigenvalue weighted by Crippen LogP contribution is -2.02. The summed E-state index contributed by atoms with van der Waals surface area (Å²) < 4.78 is 5.87. The number of hydrogen-bond donors (Lipinski definition) is 1. The van der Waals surface area contributed by atoms with Crippen molar-refractivity contribution in [3.05, 3.63) is 81.5 Å². The van der Waals surface area contributed by atoms with E-state index in [4.69, 9.17) is 16.0 Å². The Hall–Kier alpha value is -3.11. The highest BCUT2D eigenvalue weighted by atomic mass is 35.5. The molecule has 4 rings (SSSR count). The molecule has 0 aliphatic heterocycles. The second kappa shape index (κ2) is 5.76. The maximum absolute atomic E-state index is 12.4. The molecule has 122 valence electrons. The van der Waals surface area contributed by atoms with E-state index in [9.17, 15) is 14.7 Å². The van der Waals surface area contributed by atoms with Gasteiger partial charge in [0.25, 0.3) is 0 Å². The predicted octanol–water partition coefficient (Wildman–Crippen LogP) is 4.96. The summed E-state index contributed by atoms with van der Waals surface area (Å²) in [6.07, 6.45) is 0. The van der Waals surface area contributed by atoms with Gasteiger partial charge in [-0.3, -0.25) is 4.79 Å². The van der Waals surface area contributed by atoms with E-state index >= 15 is 0 Å². The van der Waals surface area contributed by atoms with E-state index < -0.39 is 5.97 Å². The number of fused-ring (bicyclic) bond motifs is 2. The second-order valence-electron chi connectivity index (χ2n) is 5.63. The molecule has 4 aromatic rings. The van der Waals surface area contributed by atoms with Crippen LogP contribution in [0.15, 0.2) is 69.9 Å². The highest BCUT2D eigenvalue weighted by molar-refractivity contribution is 6.31. The lowest BCUT2D eigenvalue weighted by atomic mass is 9.97. The summed E-state index contributed by atoms with van der Waals surface area (Å²) >= 11 is 5.94. The number of carboxylic acids is 1. The van der Waals surface area contributed by atoms with E-state index in [-0.39, 0.29) is 11.0 Å². The fourth-order valence-electron chi connectivity index (χ4n) is 2.99. The minimum atomic E-state index is -1.03. The Morgan fingerprint density at radius 2 is 1.76 bits per heavy atom. The Kier molecular flexibility index (Phi) is 3.55. The Morgan fingerprint density at radius 1 is 1.00 bits per heavy atom. The molecular formula is C20H11ClO4. The van der Waals surface area contributed by atoms with E-state index in [0.717, 1.165) is 5.39 Å². The molecule has 3 aromatic carbocycles. The zero-order chi connectivity index (χ0) is 17.6. The summed E-state index contributed by atoms with van der Waals surface area (Å²) in [4.78, 5) is 24.1. The van der Waals surface area contributed by atoms with Gasteiger partial charge in [0.1, 0.15) is 11.3 Å². The largest absolute Gasteiger partial charge is 0.478 e. The molecule has 0 saturated carbocycles. The highest BCUT2D eigenvalue weighted by Crippen LogP contribution is 2.32. The van der Waals surface area contributed by atoms with Gasteiger partial charge < -0.3 is 9.52 Å². The van der Waals surface area contributed by atoms with Gasteiger partial charge in [0, 0.05) is 22.0 Å². The first-order valence-electron chi connectivity index (χ1n) is 7.53. The smallest absolute Gasteiger partial charge is 0.336 e. The molecule has 0 spiro atoms. The minimum Gasteiger partial charge on any atom is -0.478 e. The van der Waals surface area contributed by atoms with Gasteiger partial charge in [-0.15, -0.1) is 0 Å². The number of hydrogen-bond acceptors (Lipinski definition) is 3. The minimum absolute atomic E-state index is 0.159. The van der Waals surface area contributed by atoms with Crippen LogP contribution in [-0.4, -0.2) is 11.1 Å². The van der Waals surface area contributed by atoms with Gasteiger partial charge in [0.15, 0.2) is 5.43 Å². The lowest BCUT2D eigenvalue weighted by Gasteiger charge is -2.09. The molecule has 0 aliphatic carbocycles. The van der Waals surface area contributed by atoms with Crippen molar-refractivity contribution >= 4 is 39.3 Å². The average molecular weight is 351 g/mol. The van der Waals surface area contributed by atoms with Crippen LogP contribution in [0.2, 0.25) is 5.02 Å². The van der Waals surface area contributed by atoms with E-state index in [2.05, 4.69) is 0 Å². The number of rotatable bonds is 2. The van der Waals surface area contributed by atoms with Crippen LogP contribution in [0.1, 0.15) is 10.4 Å². The number of carbonyl (C=O) groups is 1. The van der Waals surface area contributed by atoms with Crippen molar-refractivity contribution in [3.8, 4) is 11.3 Å². The van der Waals surface area contributed by atoms with Crippen molar-refractivity contribution in [2.75, 3.05) is 0 Å². The molecule has 1 heterocycles. The van der Waals surface area contributed by atoms with Gasteiger partial charge in [-0.2, -0.15) is 0 Å². The molecule has 5 heteroatoms. The van der Waals surface area contributed by atoms with Gasteiger partial charge in [-0.25, -0.2) is 4.79 Å². The van der Waals surface area contributed by atoms with Gasteiger partial charge in [-0.05, 0) is 29.7 Å². The number of benzene rings is 3. The zero-order valence-electron chi connectivity index (χ0n) is 12.8. The van der Waals surface area contributed by atoms with Crippen LogP contribution in [0.25, 0.3) is 33.1 Å². The van der Waals surface area contributed by atoms with Crippen LogP contribution >= 0.6 is 11.6 Å². The van der Waals surface area contributed by atoms with Gasteiger partial charge in [0.05, 0.1) is 10.9 Å². The maximum Gasteiger partial charge on any atom is 0.336 e. The summed E-state index contributed by atoms with van der Waals surface area (Å²) in [6, 6.07) is 16.6. The zero-order valence-corrected chi connectivity index (χ0v) is 13.6. The monoisotopic (exact) mass is 350 g/mol. The van der Waals surface area contributed by atoms with Crippen LogP contribution < -0.4 is 5.43 Å². The van der Waals surface area contributed by atoms with Crippen molar-refractivity contribution in [2.24, 2.45) is 0 Å². The molecule has 0 aliphatic rings. The third-order valence-corrected chi connectivity index (χ3v) is 4.32. The Balaban J connectivity index is 2.09. The third-order valence-electron chi connectivity index (χ3n) is 4.09. The molecule has 0 unspecified atom stereocenters. The molecule has 1 N–H and O–H groups in total. The van der Waals surface area contributed by atoms with E-state index in [1.807, 2.05) is 12.1 Å². The van der Waals surface area contributed by atoms with Crippen LogP contribution in [0, 0.1) is 0 Å². The molecule has 0 fully saturated rings. The van der Waals surface area contributed by atoms with Crippen molar-refractivity contribution < 1.29 is 14.3 Å². The molecule has 0 saturated heterocycles. The summed E-state index contributed by atoms with van der Waals surface area (Å²) in [5.74, 6) is -0.716. The summed E-state index contributed by atoms with van der Waals surface area (Å²) in [5.41, 5.74) is 0.886. The number of halogens is 1. The first kappa shape index (κ1) is 15.4. The Bertz CT molecular complexity index is 1200. The first-order chi connectivity index (χ1) is 12.0. The van der Waals surface area contributed by atoms with E-state index in [0.29, 0.717) is 32.7 Å². The molecule has 0 bridgehead atoms. The second-order valence-corrected chi connectivity index (χ2v) is 6.07. The van der Waals surface area contributed by atoms with Crippen molar-refractivity contribution in [3.63, 3.8) is 0 Å². The topological polar surface area (TPSA) is 67.5 Å². The van der Waals surface area contributed by atoms with Gasteiger partial charge >= 0.3 is 5.97 Å². The molecule has 1 aromatic heterocycles. The number of carboxylic acid groups (broad SMARTS) is 1. The molecule has 0 radical (unpaired) electrons.